The van der Waals surface area contributed by atoms with Crippen molar-refractivity contribution in [3.8, 4) is 17.2 Å². The molecule has 32 heteroatoms. The lowest BCUT2D eigenvalue weighted by atomic mass is 10.1. The molecule has 0 atom stereocenters. The van der Waals surface area contributed by atoms with Crippen LogP contribution < -0.4 is 56.7 Å². The van der Waals surface area contributed by atoms with Crippen molar-refractivity contribution >= 4 is 217 Å². The molecule has 13 N–H and O–H groups in total. The Morgan fingerprint density at radius 2 is 0.670 bits per heavy atom. The van der Waals surface area contributed by atoms with Gasteiger partial charge in [0.2, 0.25) is 23.8 Å². The van der Waals surface area contributed by atoms with E-state index < -0.39 is 0 Å². The highest BCUT2D eigenvalue weighted by Gasteiger charge is 2.17. The molecule has 0 spiro atoms. The van der Waals surface area contributed by atoms with Gasteiger partial charge in [-0.3, -0.25) is 20.4 Å². The van der Waals surface area contributed by atoms with Gasteiger partial charge in [-0.25, -0.2) is 19.9 Å². The summed E-state index contributed by atoms with van der Waals surface area (Å²) in [6.07, 6.45) is 7.86. The van der Waals surface area contributed by atoms with Crippen molar-refractivity contribution in [3.05, 3.63) is 251 Å². The lowest BCUT2D eigenvalue weighted by Gasteiger charge is -2.12. The number of H-pyrrole nitrogens is 4. The van der Waals surface area contributed by atoms with E-state index in [0.717, 1.165) is 164 Å². The number of methoxy groups -OCH3 is 3. The van der Waals surface area contributed by atoms with Crippen LogP contribution in [-0.4, -0.2) is 114 Å². The van der Waals surface area contributed by atoms with E-state index in [2.05, 4.69) is 122 Å². The third-order valence-corrected chi connectivity index (χ3v) is 21.8. The van der Waals surface area contributed by atoms with E-state index in [-0.39, 0.29) is 6.61 Å². The predicted octanol–water partition coefficient (Wildman–Crippen LogP) is 20.0. The van der Waals surface area contributed by atoms with Crippen LogP contribution in [0, 0.1) is 6.92 Å². The molecule has 0 aliphatic carbocycles. The van der Waals surface area contributed by atoms with Gasteiger partial charge in [-0.05, 0) is 192 Å². The molecule has 12 heterocycles. The molecule has 570 valence electrons. The Balaban J connectivity index is 0.000000111. The van der Waals surface area contributed by atoms with Crippen LogP contribution in [0.15, 0.2) is 234 Å². The predicted molar refractivity (Wildman–Crippen MR) is 465 cm³/mol. The number of hydrogen-bond donors (Lipinski definition) is 13. The van der Waals surface area contributed by atoms with Gasteiger partial charge in [0.25, 0.3) is 0 Å². The highest BCUT2D eigenvalue weighted by atomic mass is 32.1. The fourth-order valence-electron chi connectivity index (χ4n) is 12.4. The lowest BCUT2D eigenvalue weighted by Crippen LogP contribution is -2.05. The molecule has 0 aliphatic heterocycles. The van der Waals surface area contributed by atoms with Gasteiger partial charge < -0.3 is 61.9 Å². The van der Waals surface area contributed by atoms with Crippen LogP contribution in [0.5, 0.6) is 17.2 Å². The lowest BCUT2D eigenvalue weighted by molar-refractivity contribution is 0.299. The number of hydrogen-bond acceptors (Lipinski definition) is 28. The van der Waals surface area contributed by atoms with Gasteiger partial charge in [-0.1, -0.05) is 42.0 Å². The zero-order valence-corrected chi connectivity index (χ0v) is 65.1. The summed E-state index contributed by atoms with van der Waals surface area (Å²) in [7, 11) is 4.88. The molecule has 20 aromatic rings. The molecule has 115 heavy (non-hydrogen) atoms. The SMILES string of the molecule is COc1ccc(CNc2nc(Nc3ccc4[nH]ncc4c3)c3sccc3n2)cc1.COc1ccc(Nc2nc(Nc3ccc4[nH]ncc4c3)c3sccc3n2)cc1OC.Cc1ccc(Nc2nc(Nc3ccc4[nH]ncc4c3)c3sccc3n2)cc1.OCCc1ccc(Nc2nc(Nc3ccc4[nH]ncc4c3)c3sccc3n2)cc1. The van der Waals surface area contributed by atoms with Crippen LogP contribution in [-0.2, 0) is 13.0 Å². The number of rotatable bonds is 22. The van der Waals surface area contributed by atoms with Gasteiger partial charge in [-0.2, -0.15) is 40.3 Å². The maximum atomic E-state index is 9.06. The third-order valence-electron chi connectivity index (χ3n) is 18.2. The van der Waals surface area contributed by atoms with Crippen molar-refractivity contribution in [1.82, 2.24) is 80.7 Å². The monoisotopic (exact) mass is 1590 g/mol. The molecular weight excluding hydrogens is 1530 g/mol. The minimum absolute atomic E-state index is 0.143. The molecule has 0 fully saturated rings. The Labute approximate surface area is 671 Å². The highest BCUT2D eigenvalue weighted by Crippen LogP contribution is 2.38. The molecule has 0 radical (unpaired) electrons. The van der Waals surface area contributed by atoms with E-state index in [4.69, 9.17) is 39.3 Å². The second-order valence-electron chi connectivity index (χ2n) is 26.0. The molecule has 0 saturated carbocycles. The fourth-order valence-corrected chi connectivity index (χ4v) is 15.5. The van der Waals surface area contributed by atoms with E-state index in [9.17, 15) is 0 Å². The molecule has 0 unspecified atom stereocenters. The van der Waals surface area contributed by atoms with E-state index >= 15 is 0 Å². The minimum atomic E-state index is 0.143. The van der Waals surface area contributed by atoms with Gasteiger partial charge in [0, 0.05) is 80.6 Å². The zero-order chi connectivity index (χ0) is 78.0. The summed E-state index contributed by atoms with van der Waals surface area (Å²) in [6.45, 7) is 2.83. The summed E-state index contributed by atoms with van der Waals surface area (Å²) in [5.74, 6) is 7.35. The number of nitrogens with one attached hydrogen (secondary N) is 12. The normalized spacial score (nSPS) is 11.1. The number of benzene rings is 8. The summed E-state index contributed by atoms with van der Waals surface area (Å²) in [5.41, 5.74) is 17.4. The average Bonchev–Trinajstić information content (AvgIpc) is 1.72. The smallest absolute Gasteiger partial charge is 0.229 e. The molecule has 28 nitrogen and oxygen atoms in total. The highest BCUT2D eigenvalue weighted by molar-refractivity contribution is 7.18. The Bertz CT molecular complexity index is 6760. The summed E-state index contributed by atoms with van der Waals surface area (Å²) >= 11 is 6.44. The zero-order valence-electron chi connectivity index (χ0n) is 61.8. The summed E-state index contributed by atoms with van der Waals surface area (Å²) < 4.78 is 19.9. The van der Waals surface area contributed by atoms with Crippen molar-refractivity contribution in [3.63, 3.8) is 0 Å². The van der Waals surface area contributed by atoms with Crippen LogP contribution in [0.25, 0.3) is 84.5 Å². The van der Waals surface area contributed by atoms with Crippen LogP contribution in [0.3, 0.4) is 0 Å². The second-order valence-corrected chi connectivity index (χ2v) is 29.7. The largest absolute Gasteiger partial charge is 0.497 e. The first-order chi connectivity index (χ1) is 56.5. The Kier molecular flexibility index (Phi) is 21.5. The average molecular weight is 1600 g/mol. The molecule has 0 amide bonds. The topological polar surface area (TPSA) is 362 Å². The number of anilines is 15. The van der Waals surface area contributed by atoms with Crippen molar-refractivity contribution in [1.29, 1.82) is 0 Å². The van der Waals surface area contributed by atoms with Crippen molar-refractivity contribution in [2.24, 2.45) is 0 Å². The number of aromatic amines is 4. The Morgan fingerprint density at radius 1 is 0.330 bits per heavy atom. The number of nitrogens with zero attached hydrogens (tertiary/aromatic N) is 12. The van der Waals surface area contributed by atoms with Gasteiger partial charge in [0.05, 0.1) is 109 Å². The molecule has 8 aromatic carbocycles. The molecular formula is C83H70N24O4S4. The number of fused-ring (bicyclic) bond motifs is 8. The molecule has 0 bridgehead atoms. The van der Waals surface area contributed by atoms with E-state index in [1.807, 2.05) is 210 Å². The maximum absolute atomic E-state index is 9.06. The molecule has 0 saturated heterocycles. The number of aliphatic hydroxyl groups is 1. The van der Waals surface area contributed by atoms with E-state index in [0.29, 0.717) is 48.3 Å². The minimum Gasteiger partial charge on any atom is -0.497 e. The quantitative estimate of drug-likeness (QED) is 0.0300. The molecule has 12 aromatic heterocycles. The third kappa shape index (κ3) is 17.2. The maximum Gasteiger partial charge on any atom is 0.229 e. The first-order valence-corrected chi connectivity index (χ1v) is 39.5. The number of aromatic nitrogens is 16. The Hall–Kier alpha value is -14.4. The molecule has 0 aliphatic rings. The van der Waals surface area contributed by atoms with Crippen LogP contribution >= 0.6 is 45.3 Å². The summed E-state index contributed by atoms with van der Waals surface area (Å²) in [4.78, 5) is 37.4. The number of ether oxygens (including phenoxy) is 3. The summed E-state index contributed by atoms with van der Waals surface area (Å²) in [5, 5.41) is 76.2. The fraction of sp³-hybridized carbons (Fsp3) is 0.0843. The van der Waals surface area contributed by atoms with Crippen molar-refractivity contribution < 1.29 is 19.3 Å². The van der Waals surface area contributed by atoms with E-state index in [1.54, 1.807) is 79.1 Å². The van der Waals surface area contributed by atoms with Crippen LogP contribution in [0.2, 0.25) is 0 Å². The van der Waals surface area contributed by atoms with E-state index in [1.165, 1.54) is 5.56 Å². The van der Waals surface area contributed by atoms with Crippen molar-refractivity contribution in [2.45, 2.75) is 19.9 Å². The first-order valence-electron chi connectivity index (χ1n) is 36.0. The van der Waals surface area contributed by atoms with Gasteiger partial charge in [-0.15, -0.1) is 45.3 Å². The Morgan fingerprint density at radius 3 is 1.05 bits per heavy atom. The standard InChI is InChI=1S/C21H18N6O2S.2C21H18N6OS.C20H16N6S/c1-28-17-6-4-14(10-18(17)29-2)24-21-25-16-7-8-30-19(16)20(26-21)23-13-3-5-15-12(9-13)11-22-27-15;1-28-16-5-2-13(3-6-16)11-22-21-25-18-8-9-29-19(18)20(26-21)24-15-4-7-17-14(10-15)12-23-27-17;28-9-7-13-1-3-15(4-2-13)24-21-25-18-8-10-29-19(18)20(26-21)23-16-5-6-17-14(11-16)12-22-27-17;1-12-2-4-14(5-3-12)23-20-24-17-8-9-27-18(17)19(25-20)22-15-6-7-16-13(10-15)11-21-26-16/h3-11H,1-2H3,(H,22,27)(H2,23,24,25,26);2-10,12H,11H2,1H3,(H,23,27)(H2,22,24,25,26);1-6,8,10-12,28H,7,9H2,(H,22,27)(H2,23,24,25,26);2-11H,1H3,(H,21,26)(H2,22,23,24,25). The van der Waals surface area contributed by atoms with Gasteiger partial charge in [0.15, 0.2) is 34.8 Å². The second kappa shape index (κ2) is 33.6. The van der Waals surface area contributed by atoms with Gasteiger partial charge >= 0.3 is 0 Å². The van der Waals surface area contributed by atoms with Crippen molar-refractivity contribution in [2.75, 3.05) is 70.5 Å². The first kappa shape index (κ1) is 73.4. The molecule has 20 rings (SSSR count). The van der Waals surface area contributed by atoms with Gasteiger partial charge in [0.1, 0.15) is 5.75 Å². The summed E-state index contributed by atoms with van der Waals surface area (Å²) in [6, 6.07) is 61.7. The number of thiophene rings is 4. The van der Waals surface area contributed by atoms with Crippen LogP contribution in [0.1, 0.15) is 16.7 Å². The number of aryl methyl sites for hydroxylation is 1. The number of aliphatic hydroxyl groups excluding tert-OH is 1. The van der Waals surface area contributed by atoms with Crippen LogP contribution in [0.4, 0.5) is 86.9 Å².